The number of amides is 4. The van der Waals surface area contributed by atoms with Crippen molar-refractivity contribution in [2.75, 3.05) is 41.4 Å². The summed E-state index contributed by atoms with van der Waals surface area (Å²) in [4.78, 5) is 105. The summed E-state index contributed by atoms with van der Waals surface area (Å²) in [5, 5.41) is 9.31. The van der Waals surface area contributed by atoms with Crippen LogP contribution in [0.25, 0.3) is 11.5 Å². The average molecular weight is 1040 g/mol. The number of likely N-dealkylation sites (tertiary alicyclic amines) is 1. The maximum atomic E-state index is 14.8. The minimum atomic E-state index is -0.665. The molecule has 17 heteroatoms. The van der Waals surface area contributed by atoms with Crippen molar-refractivity contribution in [2.45, 2.75) is 168 Å². The highest BCUT2D eigenvalue weighted by molar-refractivity contribution is 6.01. The second-order valence-electron chi connectivity index (χ2n) is 21.5. The molecule has 0 unspecified atom stereocenters. The molecule has 4 amide bonds. The molecule has 2 fully saturated rings. The molecule has 2 aliphatic rings. The summed E-state index contributed by atoms with van der Waals surface area (Å²) in [7, 11) is 6.82. The first-order chi connectivity index (χ1) is 35.8. The number of carbonyl (C=O) groups is 7. The van der Waals surface area contributed by atoms with Crippen molar-refractivity contribution >= 4 is 41.2 Å². The number of carbonyl (C=O) groups excluding carboxylic acids is 7. The first-order valence-electron chi connectivity index (χ1n) is 27.2. The molecule has 1 aromatic heterocycles. The lowest BCUT2D eigenvalue weighted by Crippen LogP contribution is -2.54. The van der Waals surface area contributed by atoms with Crippen LogP contribution in [0.2, 0.25) is 0 Å². The number of hydrogen-bond donors (Lipinski definition) is 0. The van der Waals surface area contributed by atoms with Crippen LogP contribution in [-0.4, -0.2) is 143 Å². The summed E-state index contributed by atoms with van der Waals surface area (Å²) >= 11 is 0. The van der Waals surface area contributed by atoms with Gasteiger partial charge in [-0.25, -0.2) is 4.79 Å². The Morgan fingerprint density at radius 3 is 2.04 bits per heavy atom. The van der Waals surface area contributed by atoms with E-state index >= 15 is 0 Å². The van der Waals surface area contributed by atoms with Crippen molar-refractivity contribution in [3.8, 4) is 11.5 Å². The van der Waals surface area contributed by atoms with Crippen LogP contribution in [0, 0.1) is 29.6 Å². The third-order valence-corrected chi connectivity index (χ3v) is 15.5. The molecular weight excluding hydrogens is 957 g/mol. The fourth-order valence-electron chi connectivity index (χ4n) is 11.1. The number of methoxy groups -OCH3 is 2. The number of ether oxygens (including phenoxy) is 2. The molecule has 0 radical (unpaired) electrons. The minimum Gasteiger partial charge on any atom is -0.420 e. The first-order valence-corrected chi connectivity index (χ1v) is 27.2. The lowest BCUT2D eigenvalue weighted by molar-refractivity contribution is -0.197. The van der Waals surface area contributed by atoms with Crippen LogP contribution < -0.4 is 0 Å². The van der Waals surface area contributed by atoms with E-state index in [1.165, 1.54) is 0 Å². The summed E-state index contributed by atoms with van der Waals surface area (Å²) in [6.07, 6.45) is 3.53. The molecular formula is C58H84N6O11. The van der Waals surface area contributed by atoms with Gasteiger partial charge < -0.3 is 28.5 Å². The van der Waals surface area contributed by atoms with Crippen LogP contribution in [-0.2, 0) is 54.3 Å². The van der Waals surface area contributed by atoms with Gasteiger partial charge in [-0.2, -0.15) is 0 Å². The van der Waals surface area contributed by atoms with E-state index in [0.717, 1.165) is 17.5 Å². The zero-order valence-corrected chi connectivity index (χ0v) is 46.4. The Balaban J connectivity index is 1.22. The quantitative estimate of drug-likeness (QED) is 0.0440. The standard InChI is InChI=1S/C58H84N6O11/c1-12-39(6)54(62(9)58(71)44(37(2)3)35-47(66)53(38(4)5)61(8)31-21-15-20-28-52(70)75-64-49(67)29-30-50(64)68)48(72-10)36-51(69)63-32-22-27-45(63)55(73-11)40(7)46(65)34-43(33-41-23-16-13-17-24-41)57-60-59-56(74-57)42-25-18-14-19-26-42/h13-14,16-19,23-26,37-40,43-45,48,53-55H,12,15,20-22,27-36H2,1-11H3/t39-,40-,43+,44-,45-,48+,53-,54-,55+/m0/s1. The number of unbranched alkanes of at least 4 members (excludes halogenated alkanes) is 2. The number of Topliss-reactive ketones (excluding diaryl/α,β-unsaturated/α-hetero) is 2. The van der Waals surface area contributed by atoms with E-state index in [4.69, 9.17) is 18.7 Å². The third kappa shape index (κ3) is 16.2. The molecule has 5 rings (SSSR count). The van der Waals surface area contributed by atoms with E-state index < -0.39 is 59.8 Å². The monoisotopic (exact) mass is 1040 g/mol. The Kier molecular flexibility index (Phi) is 23.3. The fourth-order valence-corrected chi connectivity index (χ4v) is 11.1. The van der Waals surface area contributed by atoms with E-state index in [-0.39, 0.29) is 85.7 Å². The zero-order chi connectivity index (χ0) is 54.9. The SMILES string of the molecule is CC[C@H](C)[C@@H]([C@@H](CC(=O)N1CCC[C@H]1[C@H](OC)[C@@H](C)C(=O)C[C@@H](Cc1ccccc1)c1nnc(-c2ccccc2)o1)OC)N(C)C(=O)[C@@H](CC(=O)[C@H](C(C)C)N(C)CCCCCC(=O)ON1C(=O)CCC1=O)C(C)C. The van der Waals surface area contributed by atoms with Crippen LogP contribution in [0.5, 0.6) is 0 Å². The number of aromatic nitrogens is 2. The Bertz CT molecular complexity index is 2330. The van der Waals surface area contributed by atoms with Crippen molar-refractivity contribution in [3.63, 3.8) is 0 Å². The van der Waals surface area contributed by atoms with E-state index in [9.17, 15) is 33.6 Å². The van der Waals surface area contributed by atoms with Crippen LogP contribution in [0.4, 0.5) is 0 Å². The van der Waals surface area contributed by atoms with Crippen molar-refractivity contribution < 1.29 is 52.3 Å². The molecule has 9 atom stereocenters. The normalized spacial score (nSPS) is 18.2. The van der Waals surface area contributed by atoms with Gasteiger partial charge in [-0.15, -0.1) is 15.3 Å². The van der Waals surface area contributed by atoms with Gasteiger partial charge >= 0.3 is 5.97 Å². The van der Waals surface area contributed by atoms with Crippen molar-refractivity contribution in [1.29, 1.82) is 0 Å². The van der Waals surface area contributed by atoms with Gasteiger partial charge in [0.2, 0.25) is 23.6 Å². The van der Waals surface area contributed by atoms with E-state index in [0.29, 0.717) is 68.5 Å². The van der Waals surface area contributed by atoms with Gasteiger partial charge in [-0.3, -0.25) is 33.7 Å². The molecule has 0 N–H and O–H groups in total. The zero-order valence-electron chi connectivity index (χ0n) is 46.4. The number of imide groups is 1. The van der Waals surface area contributed by atoms with Crippen LogP contribution in [0.1, 0.15) is 143 Å². The molecule has 3 aromatic rings. The van der Waals surface area contributed by atoms with Gasteiger partial charge in [0, 0.05) is 83.2 Å². The van der Waals surface area contributed by atoms with E-state index in [1.807, 2.05) is 119 Å². The van der Waals surface area contributed by atoms with Crippen LogP contribution in [0.15, 0.2) is 65.1 Å². The molecule has 412 valence electrons. The maximum Gasteiger partial charge on any atom is 0.333 e. The summed E-state index contributed by atoms with van der Waals surface area (Å²) in [6, 6.07) is 18.1. The van der Waals surface area contributed by atoms with Gasteiger partial charge in [0.15, 0.2) is 5.78 Å². The predicted molar refractivity (Wildman–Crippen MR) is 283 cm³/mol. The number of hydrogen-bond acceptors (Lipinski definition) is 14. The van der Waals surface area contributed by atoms with E-state index in [1.54, 1.807) is 26.2 Å². The average Bonchev–Trinajstić information content (AvgIpc) is 4.16. The molecule has 2 saturated heterocycles. The van der Waals surface area contributed by atoms with Gasteiger partial charge in [0.05, 0.1) is 36.8 Å². The Morgan fingerprint density at radius 1 is 0.787 bits per heavy atom. The molecule has 2 aromatic carbocycles. The fraction of sp³-hybridized carbons (Fsp3) is 0.638. The van der Waals surface area contributed by atoms with Gasteiger partial charge in [0.25, 0.3) is 11.8 Å². The number of nitrogens with zero attached hydrogens (tertiary/aromatic N) is 6. The largest absolute Gasteiger partial charge is 0.420 e. The van der Waals surface area contributed by atoms with Gasteiger partial charge in [-0.05, 0) is 81.1 Å². The smallest absolute Gasteiger partial charge is 0.333 e. The second-order valence-corrected chi connectivity index (χ2v) is 21.5. The van der Waals surface area contributed by atoms with Crippen molar-refractivity contribution in [3.05, 3.63) is 72.1 Å². The topological polar surface area (TPSA) is 199 Å². The Morgan fingerprint density at radius 2 is 1.44 bits per heavy atom. The van der Waals surface area contributed by atoms with Crippen molar-refractivity contribution in [1.82, 2.24) is 30.0 Å². The minimum absolute atomic E-state index is 0.00290. The highest BCUT2D eigenvalue weighted by Crippen LogP contribution is 2.34. The lowest BCUT2D eigenvalue weighted by atomic mass is 9.83. The Hall–Kier alpha value is -5.65. The molecule has 3 heterocycles. The maximum absolute atomic E-state index is 14.8. The molecule has 75 heavy (non-hydrogen) atoms. The summed E-state index contributed by atoms with van der Waals surface area (Å²) in [6.45, 7) is 14.9. The summed E-state index contributed by atoms with van der Waals surface area (Å²) < 4.78 is 18.5. The molecule has 0 aliphatic carbocycles. The highest BCUT2D eigenvalue weighted by atomic mass is 16.7. The van der Waals surface area contributed by atoms with Crippen LogP contribution >= 0.6 is 0 Å². The molecule has 17 nitrogen and oxygen atoms in total. The number of benzene rings is 2. The number of hydroxylamine groups is 2. The summed E-state index contributed by atoms with van der Waals surface area (Å²) in [5.41, 5.74) is 1.82. The van der Waals surface area contributed by atoms with E-state index in [2.05, 4.69) is 17.1 Å². The molecule has 0 spiro atoms. The molecule has 0 saturated carbocycles. The lowest BCUT2D eigenvalue weighted by Gasteiger charge is -2.41. The molecule has 0 bridgehead atoms. The number of rotatable bonds is 31. The van der Waals surface area contributed by atoms with Crippen LogP contribution in [0.3, 0.4) is 0 Å². The second kappa shape index (κ2) is 29.0. The van der Waals surface area contributed by atoms with Gasteiger partial charge in [-0.1, -0.05) is 110 Å². The highest BCUT2D eigenvalue weighted by Gasteiger charge is 2.44. The third-order valence-electron chi connectivity index (χ3n) is 15.5. The number of ketones is 2. The first kappa shape index (κ1) is 60.2. The molecule has 2 aliphatic heterocycles. The van der Waals surface area contributed by atoms with Crippen molar-refractivity contribution in [2.24, 2.45) is 29.6 Å². The van der Waals surface area contributed by atoms with Gasteiger partial charge in [0.1, 0.15) is 5.78 Å². The Labute approximate surface area is 444 Å². The number of likely N-dealkylation sites (N-methyl/N-ethyl adjacent to an activating group) is 2. The summed E-state index contributed by atoms with van der Waals surface area (Å²) in [5.74, 6) is -3.15. The predicted octanol–water partition coefficient (Wildman–Crippen LogP) is 8.30.